The second-order valence-corrected chi connectivity index (χ2v) is 3.30. The molecule has 4 N–H and O–H groups in total. The van der Waals surface area contributed by atoms with Crippen LogP contribution in [0.15, 0.2) is 18.7 Å². The molecule has 0 radical (unpaired) electrons. The standard InChI is InChI=1S/C9H13N7/c10-7-4-12-9(13-5-7)11-3-1-2-8-14-6-15-16-8/h4-6H,1-3,10H2,(H,11,12,13)(H,14,15,16). The molecule has 84 valence electrons. The highest BCUT2D eigenvalue weighted by atomic mass is 15.2. The molecule has 2 rings (SSSR count). The number of aryl methyl sites for hydroxylation is 1. The Morgan fingerprint density at radius 2 is 2.06 bits per heavy atom. The van der Waals surface area contributed by atoms with Crippen molar-refractivity contribution in [2.45, 2.75) is 12.8 Å². The number of H-pyrrole nitrogens is 1. The molecular formula is C9H13N7. The molecule has 2 aromatic rings. The van der Waals surface area contributed by atoms with E-state index in [2.05, 4.69) is 30.5 Å². The van der Waals surface area contributed by atoms with Crippen molar-refractivity contribution in [1.29, 1.82) is 0 Å². The lowest BCUT2D eigenvalue weighted by Crippen LogP contribution is -2.07. The quantitative estimate of drug-likeness (QED) is 0.621. The smallest absolute Gasteiger partial charge is 0.222 e. The van der Waals surface area contributed by atoms with E-state index in [-0.39, 0.29) is 0 Å². The van der Waals surface area contributed by atoms with Crippen LogP contribution in [0.25, 0.3) is 0 Å². The first-order valence-corrected chi connectivity index (χ1v) is 5.00. The highest BCUT2D eigenvalue weighted by Crippen LogP contribution is 2.01. The van der Waals surface area contributed by atoms with E-state index in [1.165, 1.54) is 6.33 Å². The van der Waals surface area contributed by atoms with E-state index in [1.54, 1.807) is 12.4 Å². The lowest BCUT2D eigenvalue weighted by Gasteiger charge is -2.03. The van der Waals surface area contributed by atoms with Crippen molar-refractivity contribution < 1.29 is 0 Å². The Balaban J connectivity index is 1.70. The van der Waals surface area contributed by atoms with E-state index in [0.717, 1.165) is 25.2 Å². The Bertz CT molecular complexity index is 408. The van der Waals surface area contributed by atoms with E-state index in [4.69, 9.17) is 5.73 Å². The van der Waals surface area contributed by atoms with Crippen LogP contribution in [0.4, 0.5) is 11.6 Å². The molecule has 16 heavy (non-hydrogen) atoms. The fraction of sp³-hybridized carbons (Fsp3) is 0.333. The molecule has 0 spiro atoms. The molecule has 0 aliphatic rings. The summed E-state index contributed by atoms with van der Waals surface area (Å²) in [5.74, 6) is 1.48. The van der Waals surface area contributed by atoms with Crippen molar-refractivity contribution in [3.63, 3.8) is 0 Å². The summed E-state index contributed by atoms with van der Waals surface area (Å²) in [4.78, 5) is 12.1. The maximum Gasteiger partial charge on any atom is 0.222 e. The minimum atomic E-state index is 0.562. The first kappa shape index (κ1) is 10.3. The molecule has 0 aliphatic carbocycles. The Kier molecular flexibility index (Phi) is 3.27. The van der Waals surface area contributed by atoms with Crippen LogP contribution in [-0.2, 0) is 6.42 Å². The number of rotatable bonds is 5. The highest BCUT2D eigenvalue weighted by Gasteiger charge is 1.97. The fourth-order valence-electron chi connectivity index (χ4n) is 1.24. The van der Waals surface area contributed by atoms with E-state index < -0.39 is 0 Å². The van der Waals surface area contributed by atoms with Crippen molar-refractivity contribution in [2.75, 3.05) is 17.6 Å². The van der Waals surface area contributed by atoms with Crippen LogP contribution in [0, 0.1) is 0 Å². The molecule has 2 heterocycles. The molecule has 0 saturated heterocycles. The lowest BCUT2D eigenvalue weighted by molar-refractivity contribution is 0.800. The van der Waals surface area contributed by atoms with Crippen molar-refractivity contribution in [3.05, 3.63) is 24.5 Å². The monoisotopic (exact) mass is 219 g/mol. The summed E-state index contributed by atoms with van der Waals surface area (Å²) in [6.45, 7) is 0.782. The summed E-state index contributed by atoms with van der Waals surface area (Å²) in [6.07, 6.45) is 6.44. The number of hydrogen-bond donors (Lipinski definition) is 3. The van der Waals surface area contributed by atoms with Gasteiger partial charge in [0.2, 0.25) is 5.95 Å². The zero-order valence-corrected chi connectivity index (χ0v) is 8.72. The van der Waals surface area contributed by atoms with Gasteiger partial charge in [0.05, 0.1) is 18.1 Å². The second-order valence-electron chi connectivity index (χ2n) is 3.30. The van der Waals surface area contributed by atoms with Gasteiger partial charge in [0, 0.05) is 13.0 Å². The first-order valence-electron chi connectivity index (χ1n) is 5.00. The lowest BCUT2D eigenvalue weighted by atomic mass is 10.3. The maximum absolute atomic E-state index is 5.47. The van der Waals surface area contributed by atoms with Gasteiger partial charge in [0.1, 0.15) is 12.2 Å². The number of nitrogens with two attached hydrogens (primary N) is 1. The zero-order valence-electron chi connectivity index (χ0n) is 8.72. The maximum atomic E-state index is 5.47. The van der Waals surface area contributed by atoms with Gasteiger partial charge in [-0.15, -0.1) is 0 Å². The minimum absolute atomic E-state index is 0.562. The third-order valence-electron chi connectivity index (χ3n) is 2.01. The SMILES string of the molecule is Nc1cnc(NCCCc2ncn[nH]2)nc1. The van der Waals surface area contributed by atoms with Crippen molar-refractivity contribution >= 4 is 11.6 Å². The highest BCUT2D eigenvalue weighted by molar-refractivity contribution is 5.35. The van der Waals surface area contributed by atoms with E-state index in [1.807, 2.05) is 0 Å². The Morgan fingerprint density at radius 1 is 1.25 bits per heavy atom. The molecule has 7 nitrogen and oxygen atoms in total. The van der Waals surface area contributed by atoms with Gasteiger partial charge >= 0.3 is 0 Å². The molecule has 0 amide bonds. The molecule has 0 saturated carbocycles. The number of aromatic amines is 1. The molecule has 0 unspecified atom stereocenters. The number of nitrogen functional groups attached to an aromatic ring is 1. The van der Waals surface area contributed by atoms with E-state index >= 15 is 0 Å². The average Bonchev–Trinajstić information content (AvgIpc) is 2.80. The first-order chi connectivity index (χ1) is 7.84. The zero-order chi connectivity index (χ0) is 11.2. The van der Waals surface area contributed by atoms with Gasteiger partial charge in [0.15, 0.2) is 0 Å². The summed E-state index contributed by atoms with van der Waals surface area (Å²) in [5.41, 5.74) is 6.04. The largest absolute Gasteiger partial charge is 0.396 e. The van der Waals surface area contributed by atoms with Gasteiger partial charge in [-0.2, -0.15) is 5.10 Å². The minimum Gasteiger partial charge on any atom is -0.396 e. The molecule has 7 heteroatoms. The van der Waals surface area contributed by atoms with Crippen LogP contribution < -0.4 is 11.1 Å². The fourth-order valence-corrected chi connectivity index (χ4v) is 1.24. The predicted molar refractivity (Wildman–Crippen MR) is 59.6 cm³/mol. The van der Waals surface area contributed by atoms with Crippen LogP contribution >= 0.6 is 0 Å². The summed E-state index contributed by atoms with van der Waals surface area (Å²) in [6, 6.07) is 0. The van der Waals surface area contributed by atoms with Gasteiger partial charge in [-0.3, -0.25) is 5.10 Å². The Labute approximate surface area is 92.5 Å². The summed E-state index contributed by atoms with van der Waals surface area (Å²) < 4.78 is 0. The average molecular weight is 219 g/mol. The topological polar surface area (TPSA) is 105 Å². The molecule has 2 aromatic heterocycles. The normalized spacial score (nSPS) is 10.2. The summed E-state index contributed by atoms with van der Waals surface area (Å²) in [5, 5.41) is 9.67. The van der Waals surface area contributed by atoms with Crippen molar-refractivity contribution in [3.8, 4) is 0 Å². The summed E-state index contributed by atoms with van der Waals surface area (Å²) >= 11 is 0. The number of nitrogens with zero attached hydrogens (tertiary/aromatic N) is 4. The van der Waals surface area contributed by atoms with Crippen LogP contribution in [0.1, 0.15) is 12.2 Å². The Morgan fingerprint density at radius 3 is 2.75 bits per heavy atom. The second kappa shape index (κ2) is 5.06. The third kappa shape index (κ3) is 2.91. The van der Waals surface area contributed by atoms with Crippen LogP contribution in [0.2, 0.25) is 0 Å². The van der Waals surface area contributed by atoms with Gasteiger partial charge < -0.3 is 11.1 Å². The molecular weight excluding hydrogens is 206 g/mol. The number of anilines is 2. The van der Waals surface area contributed by atoms with Gasteiger partial charge in [-0.05, 0) is 6.42 Å². The van der Waals surface area contributed by atoms with Gasteiger partial charge in [-0.1, -0.05) is 0 Å². The summed E-state index contributed by atoms with van der Waals surface area (Å²) in [7, 11) is 0. The van der Waals surface area contributed by atoms with E-state index in [9.17, 15) is 0 Å². The molecule has 0 bridgehead atoms. The van der Waals surface area contributed by atoms with Crippen LogP contribution in [0.5, 0.6) is 0 Å². The third-order valence-corrected chi connectivity index (χ3v) is 2.01. The van der Waals surface area contributed by atoms with Crippen LogP contribution in [-0.4, -0.2) is 31.7 Å². The van der Waals surface area contributed by atoms with Gasteiger partial charge in [-0.25, -0.2) is 15.0 Å². The number of hydrogen-bond acceptors (Lipinski definition) is 6. The molecule has 0 atom stereocenters. The number of aromatic nitrogens is 5. The number of nitrogens with one attached hydrogen (secondary N) is 2. The van der Waals surface area contributed by atoms with Crippen molar-refractivity contribution in [1.82, 2.24) is 25.1 Å². The van der Waals surface area contributed by atoms with E-state index in [0.29, 0.717) is 11.6 Å². The molecule has 0 fully saturated rings. The predicted octanol–water partition coefficient (Wildman–Crippen LogP) is 0.222. The van der Waals surface area contributed by atoms with Crippen molar-refractivity contribution in [2.24, 2.45) is 0 Å². The molecule has 0 aliphatic heterocycles. The van der Waals surface area contributed by atoms with Gasteiger partial charge in [0.25, 0.3) is 0 Å². The Hall–Kier alpha value is -2.18. The van der Waals surface area contributed by atoms with Crippen LogP contribution in [0.3, 0.4) is 0 Å². The molecule has 0 aromatic carbocycles.